The number of anilines is 3. The Morgan fingerprint density at radius 3 is 2.29 bits per heavy atom. The molecule has 7 nitrogen and oxygen atoms in total. The Labute approximate surface area is 188 Å². The number of thiocarbonyl (C=S) groups is 1. The Balaban J connectivity index is 1.69. The van der Waals surface area contributed by atoms with Gasteiger partial charge in [0.15, 0.2) is 5.11 Å². The van der Waals surface area contributed by atoms with Gasteiger partial charge >= 0.3 is 0 Å². The summed E-state index contributed by atoms with van der Waals surface area (Å²) in [4.78, 5) is 8.39. The number of hydrogen-bond donors (Lipinski definition) is 3. The molecule has 0 spiro atoms. The quantitative estimate of drug-likeness (QED) is 0.458. The van der Waals surface area contributed by atoms with E-state index in [-0.39, 0.29) is 10.7 Å². The lowest BCUT2D eigenvalue weighted by molar-refractivity contribution is 0.601. The fourth-order valence-electron chi connectivity index (χ4n) is 3.08. The monoisotopic (exact) mass is 455 g/mol. The van der Waals surface area contributed by atoms with E-state index < -0.39 is 10.0 Å². The lowest BCUT2D eigenvalue weighted by Crippen LogP contribution is -2.20. The molecule has 0 fully saturated rings. The molecule has 0 aliphatic rings. The van der Waals surface area contributed by atoms with Crippen molar-refractivity contribution in [2.24, 2.45) is 0 Å². The van der Waals surface area contributed by atoms with Crippen LogP contribution in [-0.2, 0) is 10.0 Å². The first-order valence-electron chi connectivity index (χ1n) is 9.76. The van der Waals surface area contributed by atoms with Gasteiger partial charge in [0.05, 0.1) is 4.90 Å². The van der Waals surface area contributed by atoms with Gasteiger partial charge in [-0.05, 0) is 67.9 Å². The third kappa shape index (κ3) is 5.99. The summed E-state index contributed by atoms with van der Waals surface area (Å²) in [6.45, 7) is 7.73. The molecule has 3 aromatic rings. The van der Waals surface area contributed by atoms with Gasteiger partial charge < -0.3 is 10.6 Å². The molecule has 0 unspecified atom stereocenters. The summed E-state index contributed by atoms with van der Waals surface area (Å²) in [6.07, 6.45) is 0. The highest BCUT2D eigenvalue weighted by atomic mass is 32.2. The maximum Gasteiger partial charge on any atom is 0.263 e. The largest absolute Gasteiger partial charge is 0.332 e. The summed E-state index contributed by atoms with van der Waals surface area (Å²) in [7, 11) is -3.77. The summed E-state index contributed by atoms with van der Waals surface area (Å²) in [5.41, 5.74) is 3.46. The number of aryl methyl sites for hydroxylation is 2. The summed E-state index contributed by atoms with van der Waals surface area (Å²) in [5, 5.41) is 6.71. The number of hydrogen-bond acceptors (Lipinski definition) is 5. The van der Waals surface area contributed by atoms with E-state index in [1.807, 2.05) is 18.2 Å². The van der Waals surface area contributed by atoms with E-state index in [1.54, 1.807) is 32.0 Å². The molecule has 31 heavy (non-hydrogen) atoms. The number of benzene rings is 2. The molecular formula is C22H25N5O2S2. The van der Waals surface area contributed by atoms with Crippen molar-refractivity contribution in [3.8, 4) is 0 Å². The number of nitrogens with zero attached hydrogens (tertiary/aromatic N) is 2. The van der Waals surface area contributed by atoms with Crippen LogP contribution in [0.15, 0.2) is 59.5 Å². The summed E-state index contributed by atoms with van der Waals surface area (Å²) in [6, 6.07) is 15.9. The van der Waals surface area contributed by atoms with Crippen LogP contribution in [0.25, 0.3) is 0 Å². The molecule has 3 N–H and O–H groups in total. The molecule has 0 aliphatic carbocycles. The van der Waals surface area contributed by atoms with Crippen molar-refractivity contribution in [2.45, 2.75) is 38.5 Å². The summed E-state index contributed by atoms with van der Waals surface area (Å²) < 4.78 is 27.8. The van der Waals surface area contributed by atoms with Gasteiger partial charge in [-0.2, -0.15) is 0 Å². The van der Waals surface area contributed by atoms with Crippen molar-refractivity contribution in [1.82, 2.24) is 9.97 Å². The first-order chi connectivity index (χ1) is 14.6. The first-order valence-corrected chi connectivity index (χ1v) is 11.7. The second-order valence-corrected chi connectivity index (χ2v) is 9.48. The van der Waals surface area contributed by atoms with Gasteiger partial charge in [0, 0.05) is 23.1 Å². The van der Waals surface area contributed by atoms with Crippen LogP contribution in [0.1, 0.15) is 36.8 Å². The second-order valence-electron chi connectivity index (χ2n) is 7.39. The molecule has 0 atom stereocenters. The molecule has 0 aliphatic heterocycles. The zero-order valence-corrected chi connectivity index (χ0v) is 19.4. The van der Waals surface area contributed by atoms with Crippen molar-refractivity contribution in [3.63, 3.8) is 0 Å². The maximum atomic E-state index is 12.7. The highest BCUT2D eigenvalue weighted by Crippen LogP contribution is 2.24. The fourth-order valence-corrected chi connectivity index (χ4v) is 4.30. The van der Waals surface area contributed by atoms with Crippen LogP contribution >= 0.6 is 12.2 Å². The fraction of sp³-hybridized carbons (Fsp3) is 0.227. The van der Waals surface area contributed by atoms with Crippen LogP contribution in [0.4, 0.5) is 17.2 Å². The topological polar surface area (TPSA) is 96.0 Å². The van der Waals surface area contributed by atoms with Gasteiger partial charge in [-0.25, -0.2) is 18.4 Å². The van der Waals surface area contributed by atoms with E-state index in [0.717, 1.165) is 11.3 Å². The Hall–Kier alpha value is -3.04. The number of para-hydroxylation sites is 1. The second kappa shape index (κ2) is 9.40. The first kappa shape index (κ1) is 22.6. The lowest BCUT2D eigenvalue weighted by atomic mass is 10.0. The average molecular weight is 456 g/mol. The SMILES string of the molecule is Cc1cc(NS(=O)(=O)c2ccc(NC(=S)Nc3ccccc3C(C)C)cc2)nc(C)n1. The highest BCUT2D eigenvalue weighted by Gasteiger charge is 2.16. The van der Waals surface area contributed by atoms with Gasteiger partial charge in [-0.3, -0.25) is 4.72 Å². The van der Waals surface area contributed by atoms with E-state index in [0.29, 0.717) is 28.2 Å². The van der Waals surface area contributed by atoms with Gasteiger partial charge in [-0.15, -0.1) is 0 Å². The lowest BCUT2D eigenvalue weighted by Gasteiger charge is -2.16. The third-order valence-electron chi connectivity index (χ3n) is 4.46. The smallest absolute Gasteiger partial charge is 0.263 e. The minimum atomic E-state index is -3.77. The van der Waals surface area contributed by atoms with Crippen LogP contribution in [0.3, 0.4) is 0 Å². The van der Waals surface area contributed by atoms with Crippen LogP contribution in [0, 0.1) is 13.8 Å². The molecule has 0 bridgehead atoms. The van der Waals surface area contributed by atoms with E-state index in [9.17, 15) is 8.42 Å². The number of rotatable bonds is 6. The molecule has 1 aromatic heterocycles. The molecule has 9 heteroatoms. The van der Waals surface area contributed by atoms with Gasteiger partial charge in [-0.1, -0.05) is 32.0 Å². The molecule has 0 amide bonds. The number of nitrogens with one attached hydrogen (secondary N) is 3. The van der Waals surface area contributed by atoms with Crippen molar-refractivity contribution in [2.75, 3.05) is 15.4 Å². The highest BCUT2D eigenvalue weighted by molar-refractivity contribution is 7.92. The molecule has 0 saturated heterocycles. The molecule has 162 valence electrons. The molecule has 0 radical (unpaired) electrons. The van der Waals surface area contributed by atoms with Crippen LogP contribution < -0.4 is 15.4 Å². The Morgan fingerprint density at radius 1 is 0.968 bits per heavy atom. The molecule has 1 heterocycles. The summed E-state index contributed by atoms with van der Waals surface area (Å²) in [5.74, 6) is 1.09. The standard InChI is InChI=1S/C22H25N5O2S2/c1-14(2)19-7-5-6-8-20(19)26-22(30)25-17-9-11-18(12-10-17)31(28,29)27-21-13-15(3)23-16(4)24-21/h5-14H,1-4H3,(H,23,24,27)(H2,25,26,30). The van der Waals surface area contributed by atoms with Crippen molar-refractivity contribution in [3.05, 3.63) is 71.7 Å². The minimum Gasteiger partial charge on any atom is -0.332 e. The van der Waals surface area contributed by atoms with Crippen molar-refractivity contribution < 1.29 is 8.42 Å². The van der Waals surface area contributed by atoms with Gasteiger partial charge in [0.1, 0.15) is 11.6 Å². The Bertz CT molecular complexity index is 1170. The summed E-state index contributed by atoms with van der Waals surface area (Å²) >= 11 is 5.41. The van der Waals surface area contributed by atoms with Crippen molar-refractivity contribution >= 4 is 44.5 Å². The molecular weight excluding hydrogens is 430 g/mol. The predicted molar refractivity (Wildman–Crippen MR) is 129 cm³/mol. The van der Waals surface area contributed by atoms with E-state index >= 15 is 0 Å². The number of sulfonamides is 1. The number of aromatic nitrogens is 2. The van der Waals surface area contributed by atoms with Gasteiger partial charge in [0.25, 0.3) is 10.0 Å². The average Bonchev–Trinajstić information content (AvgIpc) is 2.67. The van der Waals surface area contributed by atoms with E-state index in [1.165, 1.54) is 12.1 Å². The zero-order chi connectivity index (χ0) is 22.6. The molecule has 2 aromatic carbocycles. The van der Waals surface area contributed by atoms with E-state index in [4.69, 9.17) is 12.2 Å². The van der Waals surface area contributed by atoms with Crippen molar-refractivity contribution in [1.29, 1.82) is 0 Å². The molecule has 0 saturated carbocycles. The normalized spacial score (nSPS) is 11.3. The van der Waals surface area contributed by atoms with E-state index in [2.05, 4.69) is 45.2 Å². The minimum absolute atomic E-state index is 0.121. The van der Waals surface area contributed by atoms with Gasteiger partial charge in [0.2, 0.25) is 0 Å². The maximum absolute atomic E-state index is 12.7. The molecule has 3 rings (SSSR count). The van der Waals surface area contributed by atoms with Crippen LogP contribution in [0.5, 0.6) is 0 Å². The Morgan fingerprint density at radius 2 is 1.65 bits per heavy atom. The van der Waals surface area contributed by atoms with Crippen LogP contribution in [0.2, 0.25) is 0 Å². The Kier molecular flexibility index (Phi) is 6.87. The van der Waals surface area contributed by atoms with Crippen LogP contribution in [-0.4, -0.2) is 23.5 Å². The third-order valence-corrected chi connectivity index (χ3v) is 6.03. The zero-order valence-electron chi connectivity index (χ0n) is 17.8. The predicted octanol–water partition coefficient (Wildman–Crippen LogP) is 4.83.